The molecule has 1 aromatic rings. The molecule has 20 heavy (non-hydrogen) atoms. The van der Waals surface area contributed by atoms with Gasteiger partial charge in [-0.15, -0.1) is 0 Å². The minimum atomic E-state index is -0.203. The summed E-state index contributed by atoms with van der Waals surface area (Å²) in [6, 6.07) is 8.96. The molecule has 3 saturated carbocycles. The van der Waals surface area contributed by atoms with Crippen LogP contribution < -0.4 is 0 Å². The van der Waals surface area contributed by atoms with Gasteiger partial charge < -0.3 is 5.11 Å². The van der Waals surface area contributed by atoms with E-state index in [0.29, 0.717) is 5.92 Å². The molecule has 0 radical (unpaired) electrons. The largest absolute Gasteiger partial charge is 0.388 e. The maximum absolute atomic E-state index is 10.6. The van der Waals surface area contributed by atoms with E-state index in [1.54, 1.807) is 0 Å². The lowest BCUT2D eigenvalue weighted by atomic mass is 9.83. The van der Waals surface area contributed by atoms with Crippen LogP contribution in [0.5, 0.6) is 0 Å². The van der Waals surface area contributed by atoms with Crippen molar-refractivity contribution in [3.8, 4) is 0 Å². The summed E-state index contributed by atoms with van der Waals surface area (Å²) in [4.78, 5) is 0. The zero-order valence-corrected chi connectivity index (χ0v) is 12.3. The van der Waals surface area contributed by atoms with Crippen molar-refractivity contribution in [1.29, 1.82) is 0 Å². The summed E-state index contributed by atoms with van der Waals surface area (Å²) in [6.07, 6.45) is 10.8. The number of hydrogen-bond donors (Lipinski definition) is 1. The molecule has 108 valence electrons. The molecule has 4 rings (SSSR count). The molecule has 0 amide bonds. The molecule has 0 bridgehead atoms. The minimum Gasteiger partial charge on any atom is -0.388 e. The van der Waals surface area contributed by atoms with Crippen molar-refractivity contribution in [2.45, 2.75) is 63.4 Å². The van der Waals surface area contributed by atoms with Crippen molar-refractivity contribution in [3.63, 3.8) is 0 Å². The zero-order chi connectivity index (χ0) is 13.5. The molecule has 0 saturated heterocycles. The van der Waals surface area contributed by atoms with E-state index < -0.39 is 0 Å². The number of aliphatic hydroxyl groups excluding tert-OH is 1. The average molecular weight is 270 g/mol. The highest BCUT2D eigenvalue weighted by Gasteiger charge is 2.55. The first-order chi connectivity index (χ1) is 9.84. The predicted octanol–water partition coefficient (Wildman–Crippen LogP) is 4.81. The van der Waals surface area contributed by atoms with E-state index in [1.807, 2.05) is 0 Å². The molecule has 3 fully saturated rings. The van der Waals surface area contributed by atoms with Gasteiger partial charge in [-0.1, -0.05) is 49.9 Å². The Hall–Kier alpha value is -0.820. The Kier molecular flexibility index (Phi) is 3.34. The summed E-state index contributed by atoms with van der Waals surface area (Å²) >= 11 is 0. The summed E-state index contributed by atoms with van der Waals surface area (Å²) < 4.78 is 0. The quantitative estimate of drug-likeness (QED) is 0.835. The fourth-order valence-electron chi connectivity index (χ4n) is 4.97. The maximum atomic E-state index is 10.6. The van der Waals surface area contributed by atoms with Gasteiger partial charge in [-0.05, 0) is 60.5 Å². The Morgan fingerprint density at radius 2 is 1.45 bits per heavy atom. The van der Waals surface area contributed by atoms with Crippen molar-refractivity contribution in [3.05, 3.63) is 35.4 Å². The van der Waals surface area contributed by atoms with E-state index in [-0.39, 0.29) is 6.10 Å². The van der Waals surface area contributed by atoms with E-state index >= 15 is 0 Å². The van der Waals surface area contributed by atoms with Crippen molar-refractivity contribution in [2.24, 2.45) is 17.8 Å². The van der Waals surface area contributed by atoms with E-state index in [9.17, 15) is 5.11 Å². The Labute approximate surface area is 122 Å². The van der Waals surface area contributed by atoms with Gasteiger partial charge in [0.15, 0.2) is 0 Å². The normalized spacial score (nSPS) is 34.8. The van der Waals surface area contributed by atoms with Crippen molar-refractivity contribution in [1.82, 2.24) is 0 Å². The van der Waals surface area contributed by atoms with Gasteiger partial charge in [-0.3, -0.25) is 0 Å². The Bertz CT molecular complexity index is 447. The molecule has 0 aliphatic heterocycles. The predicted molar refractivity (Wildman–Crippen MR) is 81.5 cm³/mol. The Morgan fingerprint density at radius 1 is 0.800 bits per heavy atom. The van der Waals surface area contributed by atoms with Gasteiger partial charge in [0.2, 0.25) is 0 Å². The molecule has 0 spiro atoms. The molecule has 0 heterocycles. The molecule has 1 heteroatoms. The molecule has 1 nitrogen and oxygen atoms in total. The summed E-state index contributed by atoms with van der Waals surface area (Å²) in [5.74, 6) is 3.02. The lowest BCUT2D eigenvalue weighted by Gasteiger charge is -2.22. The lowest BCUT2D eigenvalue weighted by molar-refractivity contribution is 0.137. The van der Waals surface area contributed by atoms with Gasteiger partial charge in [0.05, 0.1) is 6.10 Å². The summed E-state index contributed by atoms with van der Waals surface area (Å²) in [5.41, 5.74) is 2.65. The fourth-order valence-corrected chi connectivity index (χ4v) is 4.97. The third-order valence-corrected chi connectivity index (χ3v) is 6.19. The SMILES string of the molecule is OC(c1ccc(C2CCCCC2)cc1)C1C2CCCC21. The first-order valence-corrected chi connectivity index (χ1v) is 8.62. The standard InChI is InChI=1S/C19H26O/c20-19(18-16-7-4-8-17(16)18)15-11-9-14(10-12-15)13-5-2-1-3-6-13/h9-13,16-20H,1-8H2. The highest BCUT2D eigenvalue weighted by atomic mass is 16.3. The second kappa shape index (κ2) is 5.18. The molecule has 3 unspecified atom stereocenters. The van der Waals surface area contributed by atoms with Crippen LogP contribution in [0.25, 0.3) is 0 Å². The molecular formula is C19H26O. The van der Waals surface area contributed by atoms with E-state index in [0.717, 1.165) is 23.3 Å². The summed E-state index contributed by atoms with van der Waals surface area (Å²) in [7, 11) is 0. The molecule has 3 aliphatic carbocycles. The van der Waals surface area contributed by atoms with Gasteiger partial charge in [-0.2, -0.15) is 0 Å². The van der Waals surface area contributed by atoms with Gasteiger partial charge in [-0.25, -0.2) is 0 Å². The van der Waals surface area contributed by atoms with Gasteiger partial charge in [0.1, 0.15) is 0 Å². The maximum Gasteiger partial charge on any atom is 0.0823 e. The highest BCUT2D eigenvalue weighted by molar-refractivity contribution is 5.29. The second-order valence-corrected chi connectivity index (χ2v) is 7.28. The first kappa shape index (κ1) is 12.9. The summed E-state index contributed by atoms with van der Waals surface area (Å²) in [6.45, 7) is 0. The number of aliphatic hydroxyl groups is 1. The monoisotopic (exact) mass is 270 g/mol. The minimum absolute atomic E-state index is 0.203. The first-order valence-electron chi connectivity index (χ1n) is 8.62. The van der Waals surface area contributed by atoms with Crippen LogP contribution in [-0.2, 0) is 0 Å². The lowest BCUT2D eigenvalue weighted by Crippen LogP contribution is -2.07. The molecule has 3 aliphatic rings. The van der Waals surface area contributed by atoms with Crippen LogP contribution in [-0.4, -0.2) is 5.11 Å². The van der Waals surface area contributed by atoms with Crippen LogP contribution in [0.1, 0.15) is 74.5 Å². The number of fused-ring (bicyclic) bond motifs is 1. The van der Waals surface area contributed by atoms with E-state index in [4.69, 9.17) is 0 Å². The number of hydrogen-bond acceptors (Lipinski definition) is 1. The van der Waals surface area contributed by atoms with Crippen LogP contribution in [0.4, 0.5) is 0 Å². The summed E-state index contributed by atoms with van der Waals surface area (Å²) in [5, 5.41) is 10.6. The van der Waals surface area contributed by atoms with E-state index in [2.05, 4.69) is 24.3 Å². The van der Waals surface area contributed by atoms with Crippen molar-refractivity contribution < 1.29 is 5.11 Å². The van der Waals surface area contributed by atoms with Gasteiger partial charge in [0.25, 0.3) is 0 Å². The van der Waals surface area contributed by atoms with Crippen LogP contribution in [0, 0.1) is 17.8 Å². The van der Waals surface area contributed by atoms with Crippen molar-refractivity contribution >= 4 is 0 Å². The smallest absolute Gasteiger partial charge is 0.0823 e. The molecule has 0 aromatic heterocycles. The average Bonchev–Trinajstić information content (AvgIpc) is 2.99. The topological polar surface area (TPSA) is 20.2 Å². The fraction of sp³-hybridized carbons (Fsp3) is 0.684. The Balaban J connectivity index is 1.44. The van der Waals surface area contributed by atoms with Gasteiger partial charge >= 0.3 is 0 Å². The van der Waals surface area contributed by atoms with Crippen LogP contribution in [0.2, 0.25) is 0 Å². The third kappa shape index (κ3) is 2.20. The molecular weight excluding hydrogens is 244 g/mol. The van der Waals surface area contributed by atoms with Gasteiger partial charge in [0, 0.05) is 0 Å². The highest BCUT2D eigenvalue weighted by Crippen LogP contribution is 2.62. The van der Waals surface area contributed by atoms with Crippen LogP contribution >= 0.6 is 0 Å². The van der Waals surface area contributed by atoms with E-state index in [1.165, 1.54) is 56.9 Å². The third-order valence-electron chi connectivity index (χ3n) is 6.19. The Morgan fingerprint density at radius 3 is 2.10 bits per heavy atom. The second-order valence-electron chi connectivity index (χ2n) is 7.28. The number of benzene rings is 1. The molecule has 1 aromatic carbocycles. The molecule has 3 atom stereocenters. The van der Waals surface area contributed by atoms with Crippen molar-refractivity contribution in [2.75, 3.05) is 0 Å². The number of rotatable bonds is 3. The zero-order valence-electron chi connectivity index (χ0n) is 12.3. The molecule has 1 N–H and O–H groups in total. The van der Waals surface area contributed by atoms with Crippen LogP contribution in [0.3, 0.4) is 0 Å². The van der Waals surface area contributed by atoms with Crippen LogP contribution in [0.15, 0.2) is 24.3 Å².